The van der Waals surface area contributed by atoms with Crippen LogP contribution in [0.3, 0.4) is 0 Å². The Bertz CT molecular complexity index is 376. The Hall–Kier alpha value is -0.638. The Morgan fingerprint density at radius 3 is 1.77 bits per heavy atom. The summed E-state index contributed by atoms with van der Waals surface area (Å²) in [7, 11) is 0. The van der Waals surface area contributed by atoms with Crippen LogP contribution in [-0.4, -0.2) is 25.8 Å². The van der Waals surface area contributed by atoms with Crippen molar-refractivity contribution in [3.63, 3.8) is 0 Å². The van der Waals surface area contributed by atoms with E-state index in [9.17, 15) is 0 Å². The summed E-state index contributed by atoms with van der Waals surface area (Å²) in [5.74, 6) is 0. The molecule has 0 aliphatic rings. The summed E-state index contributed by atoms with van der Waals surface area (Å²) in [6.45, 7) is 0. The molecule has 2 rings (SSSR count). The average Bonchev–Trinajstić information content (AvgIpc) is 2.20. The second-order valence-corrected chi connectivity index (χ2v) is 5.19. The van der Waals surface area contributed by atoms with E-state index in [4.69, 9.17) is 0 Å². The molecule has 0 aliphatic carbocycles. The molecule has 0 N–H and O–H groups in total. The van der Waals surface area contributed by atoms with E-state index >= 15 is 0 Å². The first kappa shape index (κ1) is 8.94. The van der Waals surface area contributed by atoms with Crippen LogP contribution in [0, 0.1) is 0 Å². The molecule has 1 heteroatoms. The molecular weight excluding hydrogens is 351 g/mol. The average molecular weight is 360 g/mol. The van der Waals surface area contributed by atoms with Gasteiger partial charge < -0.3 is 0 Å². The van der Waals surface area contributed by atoms with Crippen molar-refractivity contribution in [2.75, 3.05) is 0 Å². The van der Waals surface area contributed by atoms with Gasteiger partial charge in [-0.05, 0) is 0 Å². The molecule has 0 amide bonds. The topological polar surface area (TPSA) is 0 Å². The van der Waals surface area contributed by atoms with Gasteiger partial charge in [-0.3, -0.25) is 0 Å². The zero-order valence-electron chi connectivity index (χ0n) is 7.20. The quantitative estimate of drug-likeness (QED) is 0.684. The first-order chi connectivity index (χ1) is 6.36. The summed E-state index contributed by atoms with van der Waals surface area (Å²) in [4.78, 5) is 0. The molecule has 0 nitrogen and oxygen atoms in total. The molecule has 0 bridgehead atoms. The standard InChI is InChI=1S/C12H9.Pb/c1-3-7-11(8-4-1)12-9-5-2-6-10-12;/h1,3-10H;. The van der Waals surface area contributed by atoms with Crippen LogP contribution < -0.4 is 3.12 Å². The molecule has 3 radical (unpaired) electrons. The molecule has 0 saturated heterocycles. The van der Waals surface area contributed by atoms with Crippen molar-refractivity contribution in [3.8, 4) is 11.1 Å². The van der Waals surface area contributed by atoms with Crippen LogP contribution in [0.2, 0.25) is 0 Å². The SMILES string of the molecule is [Pb][c]1ccc(-c2ccccc2)cc1. The van der Waals surface area contributed by atoms with Crippen molar-refractivity contribution >= 4 is 28.9 Å². The summed E-state index contributed by atoms with van der Waals surface area (Å²) in [5.41, 5.74) is 2.60. The minimum atomic E-state index is 1.13. The second-order valence-electron chi connectivity index (χ2n) is 2.94. The fourth-order valence-electron chi connectivity index (χ4n) is 1.29. The van der Waals surface area contributed by atoms with E-state index in [-0.39, 0.29) is 0 Å². The van der Waals surface area contributed by atoms with Gasteiger partial charge >= 0.3 is 94.6 Å². The zero-order chi connectivity index (χ0) is 9.10. The van der Waals surface area contributed by atoms with Crippen LogP contribution in [0.4, 0.5) is 0 Å². The van der Waals surface area contributed by atoms with Gasteiger partial charge in [0.2, 0.25) is 0 Å². The third-order valence-corrected chi connectivity index (χ3v) is 3.29. The number of hydrogen-bond acceptors (Lipinski definition) is 0. The number of hydrogen-bond donors (Lipinski definition) is 0. The van der Waals surface area contributed by atoms with E-state index in [0.717, 1.165) is 25.8 Å². The van der Waals surface area contributed by atoms with E-state index in [1.165, 1.54) is 14.2 Å². The minimum absolute atomic E-state index is 1.13. The molecule has 0 atom stereocenters. The molecule has 0 aromatic heterocycles. The van der Waals surface area contributed by atoms with Gasteiger partial charge in [0.15, 0.2) is 0 Å². The molecule has 61 valence electrons. The van der Waals surface area contributed by atoms with Gasteiger partial charge in [0.25, 0.3) is 0 Å². The van der Waals surface area contributed by atoms with Crippen molar-refractivity contribution in [2.45, 2.75) is 0 Å². The van der Waals surface area contributed by atoms with Crippen molar-refractivity contribution in [1.82, 2.24) is 0 Å². The monoisotopic (exact) mass is 361 g/mol. The van der Waals surface area contributed by atoms with Crippen molar-refractivity contribution in [1.29, 1.82) is 0 Å². The van der Waals surface area contributed by atoms with Crippen LogP contribution >= 0.6 is 0 Å². The van der Waals surface area contributed by atoms with Gasteiger partial charge in [-0.1, -0.05) is 0 Å². The van der Waals surface area contributed by atoms with Crippen molar-refractivity contribution in [3.05, 3.63) is 54.6 Å². The fourth-order valence-corrected chi connectivity index (χ4v) is 1.94. The van der Waals surface area contributed by atoms with Gasteiger partial charge in [-0.25, -0.2) is 0 Å². The zero-order valence-corrected chi connectivity index (χ0v) is 11.1. The maximum atomic E-state index is 2.20. The Morgan fingerprint density at radius 1 is 0.615 bits per heavy atom. The molecule has 2 aromatic rings. The van der Waals surface area contributed by atoms with Crippen molar-refractivity contribution in [2.24, 2.45) is 0 Å². The summed E-state index contributed by atoms with van der Waals surface area (Å²) in [6.07, 6.45) is 0. The van der Waals surface area contributed by atoms with E-state index in [1.54, 1.807) is 0 Å². The van der Waals surface area contributed by atoms with Gasteiger partial charge in [-0.15, -0.1) is 0 Å². The van der Waals surface area contributed by atoms with Crippen LogP contribution in [0.15, 0.2) is 54.6 Å². The molecule has 13 heavy (non-hydrogen) atoms. The van der Waals surface area contributed by atoms with E-state index in [1.807, 2.05) is 6.07 Å². The van der Waals surface area contributed by atoms with Gasteiger partial charge in [0.05, 0.1) is 0 Å². The van der Waals surface area contributed by atoms with Crippen LogP contribution in [0.5, 0.6) is 0 Å². The molecule has 0 fully saturated rings. The Balaban J connectivity index is 2.42. The molecule has 2 aromatic carbocycles. The predicted octanol–water partition coefficient (Wildman–Crippen LogP) is 2.15. The first-order valence-corrected chi connectivity index (χ1v) is 6.18. The predicted molar refractivity (Wildman–Crippen MR) is 57.3 cm³/mol. The van der Waals surface area contributed by atoms with Crippen LogP contribution in [0.25, 0.3) is 11.1 Å². The Kier molecular flexibility index (Phi) is 2.78. The van der Waals surface area contributed by atoms with E-state index in [0.29, 0.717) is 0 Å². The van der Waals surface area contributed by atoms with Crippen LogP contribution in [-0.2, 0) is 0 Å². The van der Waals surface area contributed by atoms with Gasteiger partial charge in [-0.2, -0.15) is 0 Å². The molecule has 0 spiro atoms. The second kappa shape index (κ2) is 4.05. The van der Waals surface area contributed by atoms with Gasteiger partial charge in [0.1, 0.15) is 0 Å². The molecular formula is C12H9Pb. The molecule has 0 saturated carbocycles. The summed E-state index contributed by atoms with van der Waals surface area (Å²) < 4.78 is 1.44. The van der Waals surface area contributed by atoms with E-state index in [2.05, 4.69) is 48.5 Å². The van der Waals surface area contributed by atoms with Crippen molar-refractivity contribution < 1.29 is 0 Å². The molecule has 0 heterocycles. The number of benzene rings is 2. The normalized spacial score (nSPS) is 9.92. The Labute approximate surface area is 94.3 Å². The fraction of sp³-hybridized carbons (Fsp3) is 0. The summed E-state index contributed by atoms with van der Waals surface area (Å²) >= 11 is 1.13. The molecule has 0 aliphatic heterocycles. The maximum absolute atomic E-state index is 2.20. The van der Waals surface area contributed by atoms with E-state index < -0.39 is 0 Å². The number of rotatable bonds is 1. The first-order valence-electron chi connectivity index (χ1n) is 4.23. The third kappa shape index (κ3) is 2.18. The third-order valence-electron chi connectivity index (χ3n) is 1.99. The Morgan fingerprint density at radius 2 is 1.15 bits per heavy atom. The summed E-state index contributed by atoms with van der Waals surface area (Å²) in [5, 5.41) is 0. The van der Waals surface area contributed by atoms with Gasteiger partial charge in [0, 0.05) is 0 Å². The van der Waals surface area contributed by atoms with Crippen LogP contribution in [0.1, 0.15) is 0 Å². The summed E-state index contributed by atoms with van der Waals surface area (Å²) in [6, 6.07) is 19.3. The molecule has 0 unspecified atom stereocenters.